The lowest BCUT2D eigenvalue weighted by Gasteiger charge is -2.09. The van der Waals surface area contributed by atoms with Gasteiger partial charge in [0, 0.05) is 17.9 Å². The van der Waals surface area contributed by atoms with Gasteiger partial charge >= 0.3 is 0 Å². The van der Waals surface area contributed by atoms with E-state index < -0.39 is 0 Å². The fourth-order valence-corrected chi connectivity index (χ4v) is 1.68. The van der Waals surface area contributed by atoms with E-state index in [4.69, 9.17) is 0 Å². The van der Waals surface area contributed by atoms with Gasteiger partial charge in [0.2, 0.25) is 5.91 Å². The van der Waals surface area contributed by atoms with Crippen molar-refractivity contribution in [3.05, 3.63) is 24.5 Å². The van der Waals surface area contributed by atoms with Gasteiger partial charge in [-0.25, -0.2) is 0 Å². The summed E-state index contributed by atoms with van der Waals surface area (Å²) in [4.78, 5) is 15.5. The number of carbonyl (C=O) groups excluding carboxylic acids is 1. The molecule has 0 aromatic carbocycles. The van der Waals surface area contributed by atoms with Gasteiger partial charge in [0.05, 0.1) is 11.9 Å². The van der Waals surface area contributed by atoms with E-state index in [1.807, 2.05) is 19.2 Å². The Morgan fingerprint density at radius 1 is 1.71 bits per heavy atom. The zero-order valence-corrected chi connectivity index (χ0v) is 9.17. The van der Waals surface area contributed by atoms with Crippen molar-refractivity contribution in [2.75, 3.05) is 17.3 Å². The highest BCUT2D eigenvalue weighted by Crippen LogP contribution is 2.09. The molecule has 0 unspecified atom stereocenters. The highest BCUT2D eigenvalue weighted by atomic mass is 32.2. The number of nitrogens with zero attached hydrogens (tertiary/aromatic N) is 1. The number of carbonyl (C=O) groups is 1. The van der Waals surface area contributed by atoms with Crippen LogP contribution < -0.4 is 5.32 Å². The summed E-state index contributed by atoms with van der Waals surface area (Å²) in [7, 11) is 0. The second-order valence-electron chi connectivity index (χ2n) is 3.09. The van der Waals surface area contributed by atoms with Crippen molar-refractivity contribution in [3.63, 3.8) is 0 Å². The molecule has 0 radical (unpaired) electrons. The first-order chi connectivity index (χ1) is 6.74. The summed E-state index contributed by atoms with van der Waals surface area (Å²) in [6.45, 7) is 1.92. The molecular weight excluding hydrogens is 196 g/mol. The topological polar surface area (TPSA) is 42.0 Å². The number of rotatable bonds is 4. The van der Waals surface area contributed by atoms with Crippen molar-refractivity contribution in [1.82, 2.24) is 4.98 Å². The van der Waals surface area contributed by atoms with Gasteiger partial charge in [-0.05, 0) is 18.4 Å². The lowest BCUT2D eigenvalue weighted by Crippen LogP contribution is -2.22. The molecule has 0 bridgehead atoms. The van der Waals surface area contributed by atoms with E-state index in [1.165, 1.54) is 0 Å². The van der Waals surface area contributed by atoms with Gasteiger partial charge in [-0.1, -0.05) is 6.92 Å². The van der Waals surface area contributed by atoms with Crippen LogP contribution >= 0.6 is 11.8 Å². The fraction of sp³-hybridized carbons (Fsp3) is 0.400. The van der Waals surface area contributed by atoms with Crippen LogP contribution in [0.1, 0.15) is 6.92 Å². The number of hydrogen-bond donors (Lipinski definition) is 1. The minimum atomic E-state index is 0.0326. The average molecular weight is 210 g/mol. The maximum atomic E-state index is 11.6. The molecule has 3 nitrogen and oxygen atoms in total. The van der Waals surface area contributed by atoms with Gasteiger partial charge in [0.25, 0.3) is 0 Å². The van der Waals surface area contributed by atoms with Crippen molar-refractivity contribution >= 4 is 23.4 Å². The molecule has 0 spiro atoms. The third-order valence-electron chi connectivity index (χ3n) is 1.79. The molecule has 1 atom stereocenters. The Kier molecular flexibility index (Phi) is 4.46. The minimum Gasteiger partial charge on any atom is -0.324 e. The molecule has 14 heavy (non-hydrogen) atoms. The lowest BCUT2D eigenvalue weighted by molar-refractivity contribution is -0.118. The molecule has 0 fully saturated rings. The first-order valence-electron chi connectivity index (χ1n) is 4.44. The van der Waals surface area contributed by atoms with Gasteiger partial charge in [-0.3, -0.25) is 9.78 Å². The van der Waals surface area contributed by atoms with E-state index in [-0.39, 0.29) is 11.8 Å². The van der Waals surface area contributed by atoms with Crippen LogP contribution in [0.4, 0.5) is 5.69 Å². The Morgan fingerprint density at radius 3 is 3.07 bits per heavy atom. The van der Waals surface area contributed by atoms with Crippen molar-refractivity contribution in [1.29, 1.82) is 0 Å². The van der Waals surface area contributed by atoms with Crippen LogP contribution in [-0.2, 0) is 4.79 Å². The fourth-order valence-electron chi connectivity index (χ4n) is 1.03. The number of anilines is 1. The number of aromatic nitrogens is 1. The maximum absolute atomic E-state index is 11.6. The number of amides is 1. The largest absolute Gasteiger partial charge is 0.324 e. The van der Waals surface area contributed by atoms with E-state index in [0.29, 0.717) is 0 Å². The van der Waals surface area contributed by atoms with Gasteiger partial charge in [0.1, 0.15) is 0 Å². The molecule has 0 saturated heterocycles. The molecule has 1 heterocycles. The summed E-state index contributed by atoms with van der Waals surface area (Å²) in [5, 5.41) is 2.81. The summed E-state index contributed by atoms with van der Waals surface area (Å²) >= 11 is 1.67. The molecule has 4 heteroatoms. The highest BCUT2D eigenvalue weighted by molar-refractivity contribution is 7.98. The monoisotopic (exact) mass is 210 g/mol. The third kappa shape index (κ3) is 3.38. The summed E-state index contributed by atoms with van der Waals surface area (Å²) in [5.41, 5.74) is 0.755. The lowest BCUT2D eigenvalue weighted by atomic mass is 10.2. The molecule has 1 N–H and O–H groups in total. The van der Waals surface area contributed by atoms with Crippen LogP contribution in [0, 0.1) is 5.92 Å². The quantitative estimate of drug-likeness (QED) is 0.826. The van der Waals surface area contributed by atoms with Gasteiger partial charge in [0.15, 0.2) is 0 Å². The van der Waals surface area contributed by atoms with Gasteiger partial charge in [-0.2, -0.15) is 11.8 Å². The van der Waals surface area contributed by atoms with Crippen molar-refractivity contribution in [2.24, 2.45) is 5.92 Å². The Balaban J connectivity index is 2.49. The first kappa shape index (κ1) is 11.0. The summed E-state index contributed by atoms with van der Waals surface area (Å²) in [5.74, 6) is 0.920. The molecule has 0 aliphatic rings. The molecule has 76 valence electrons. The van der Waals surface area contributed by atoms with Crippen molar-refractivity contribution in [3.8, 4) is 0 Å². The number of pyridine rings is 1. The second-order valence-corrected chi connectivity index (χ2v) is 4.00. The van der Waals surface area contributed by atoms with Crippen LogP contribution in [0.2, 0.25) is 0 Å². The Hall–Kier alpha value is -1.03. The first-order valence-corrected chi connectivity index (χ1v) is 5.83. The van der Waals surface area contributed by atoms with Crippen LogP contribution in [-0.4, -0.2) is 22.9 Å². The highest BCUT2D eigenvalue weighted by Gasteiger charge is 2.11. The molecule has 1 amide bonds. The molecule has 0 aliphatic carbocycles. The van der Waals surface area contributed by atoms with E-state index in [9.17, 15) is 4.79 Å². The van der Waals surface area contributed by atoms with Crippen molar-refractivity contribution in [2.45, 2.75) is 6.92 Å². The zero-order valence-electron chi connectivity index (χ0n) is 8.36. The molecule has 1 aromatic heterocycles. The Morgan fingerprint density at radius 2 is 2.50 bits per heavy atom. The predicted octanol–water partition coefficient (Wildman–Crippen LogP) is 2.02. The second kappa shape index (κ2) is 5.65. The molecule has 1 rings (SSSR count). The van der Waals surface area contributed by atoms with Gasteiger partial charge in [-0.15, -0.1) is 0 Å². The van der Waals surface area contributed by atoms with E-state index in [0.717, 1.165) is 11.4 Å². The predicted molar refractivity (Wildman–Crippen MR) is 60.4 cm³/mol. The molecule has 0 saturated carbocycles. The van der Waals surface area contributed by atoms with Gasteiger partial charge < -0.3 is 5.32 Å². The number of thioether (sulfide) groups is 1. The molecule has 0 aliphatic heterocycles. The SMILES string of the molecule is CSC[C@@H](C)C(=O)Nc1cccnc1. The Bertz CT molecular complexity index is 289. The third-order valence-corrected chi connectivity index (χ3v) is 2.63. The smallest absolute Gasteiger partial charge is 0.228 e. The van der Waals surface area contributed by atoms with Crippen LogP contribution in [0.25, 0.3) is 0 Å². The summed E-state index contributed by atoms with van der Waals surface area (Å²) < 4.78 is 0. The Labute approximate surface area is 88.3 Å². The van der Waals surface area contributed by atoms with Crippen LogP contribution in [0.15, 0.2) is 24.5 Å². The average Bonchev–Trinajstić information content (AvgIpc) is 2.19. The standard InChI is InChI=1S/C10H14N2OS/c1-8(7-14-2)10(13)12-9-4-3-5-11-6-9/h3-6,8H,7H2,1-2H3,(H,12,13)/t8-/m1/s1. The van der Waals surface area contributed by atoms with E-state index >= 15 is 0 Å². The molecular formula is C10H14N2OS. The van der Waals surface area contributed by atoms with Crippen molar-refractivity contribution < 1.29 is 4.79 Å². The van der Waals surface area contributed by atoms with Crippen LogP contribution in [0.5, 0.6) is 0 Å². The summed E-state index contributed by atoms with van der Waals surface area (Å²) in [6, 6.07) is 3.63. The zero-order chi connectivity index (χ0) is 10.4. The maximum Gasteiger partial charge on any atom is 0.228 e. The van der Waals surface area contributed by atoms with E-state index in [1.54, 1.807) is 30.2 Å². The normalized spacial score (nSPS) is 12.1. The van der Waals surface area contributed by atoms with E-state index in [2.05, 4.69) is 10.3 Å². The number of nitrogens with one attached hydrogen (secondary N) is 1. The van der Waals surface area contributed by atoms with Crippen LogP contribution in [0.3, 0.4) is 0 Å². The minimum absolute atomic E-state index is 0.0326. The molecule has 1 aromatic rings. The number of hydrogen-bond acceptors (Lipinski definition) is 3. The summed E-state index contributed by atoms with van der Waals surface area (Å²) in [6.07, 6.45) is 5.32.